The van der Waals surface area contributed by atoms with Crippen LogP contribution in [0.2, 0.25) is 0 Å². The van der Waals surface area contributed by atoms with Crippen molar-refractivity contribution in [1.82, 2.24) is 10.9 Å². The smallest absolute Gasteiger partial charge is 0.271 e. The largest absolute Gasteiger partial charge is 0.486 e. The van der Waals surface area contributed by atoms with Crippen LogP contribution >= 0.6 is 11.3 Å². The van der Waals surface area contributed by atoms with Crippen LogP contribution in [0.4, 0.5) is 5.69 Å². The molecule has 0 unspecified atom stereocenters. The molecular weight excluding hydrogens is 438 g/mol. The number of hydrazine groups is 1. The molecule has 31 heavy (non-hydrogen) atoms. The van der Waals surface area contributed by atoms with Crippen molar-refractivity contribution in [2.75, 3.05) is 17.9 Å². The zero-order valence-corrected chi connectivity index (χ0v) is 17.9. The summed E-state index contributed by atoms with van der Waals surface area (Å²) in [6.07, 6.45) is 0. The Balaban J connectivity index is 1.45. The van der Waals surface area contributed by atoms with Gasteiger partial charge in [0.1, 0.15) is 17.4 Å². The standard InChI is InChI=1S/C21H19N3O5S2/c1-14(15-8-9-18-19(13-15)29-11-10-28-18)22-23-21(25)16-5-2-3-6-17(16)24-31(26,27)20-7-4-12-30-20/h2-9,12-13,22,24H,1,10-11H2,(H,23,25). The van der Waals surface area contributed by atoms with Crippen LogP contribution in [0.3, 0.4) is 0 Å². The zero-order valence-electron chi connectivity index (χ0n) is 16.3. The molecule has 10 heteroatoms. The van der Waals surface area contributed by atoms with E-state index < -0.39 is 15.9 Å². The van der Waals surface area contributed by atoms with E-state index in [-0.39, 0.29) is 15.5 Å². The average Bonchev–Trinajstić information content (AvgIpc) is 3.33. The molecule has 1 aromatic heterocycles. The molecule has 8 nitrogen and oxygen atoms in total. The van der Waals surface area contributed by atoms with Gasteiger partial charge < -0.3 is 9.47 Å². The van der Waals surface area contributed by atoms with Crippen molar-refractivity contribution in [3.05, 3.63) is 77.7 Å². The third-order valence-corrected chi connectivity index (χ3v) is 7.16. The Morgan fingerprint density at radius 3 is 2.52 bits per heavy atom. The number of fused-ring (bicyclic) bond motifs is 1. The molecule has 0 radical (unpaired) electrons. The van der Waals surface area contributed by atoms with E-state index in [1.54, 1.807) is 41.8 Å². The second-order valence-electron chi connectivity index (χ2n) is 6.50. The molecule has 0 aliphatic carbocycles. The van der Waals surface area contributed by atoms with Crippen molar-refractivity contribution in [2.45, 2.75) is 4.21 Å². The Morgan fingerprint density at radius 1 is 0.968 bits per heavy atom. The van der Waals surface area contributed by atoms with Crippen molar-refractivity contribution in [2.24, 2.45) is 0 Å². The average molecular weight is 458 g/mol. The predicted molar refractivity (Wildman–Crippen MR) is 119 cm³/mol. The predicted octanol–water partition coefficient (Wildman–Crippen LogP) is 3.23. The number of carbonyl (C=O) groups excluding carboxylic acids is 1. The van der Waals surface area contributed by atoms with Crippen LogP contribution in [0.15, 0.2) is 70.8 Å². The number of ether oxygens (including phenoxy) is 2. The van der Waals surface area contributed by atoms with Gasteiger partial charge in [0, 0.05) is 5.56 Å². The summed E-state index contributed by atoms with van der Waals surface area (Å²) < 4.78 is 38.7. The topological polar surface area (TPSA) is 106 Å². The lowest BCUT2D eigenvalue weighted by Crippen LogP contribution is -2.36. The molecule has 0 spiro atoms. The summed E-state index contributed by atoms with van der Waals surface area (Å²) in [6.45, 7) is 4.88. The summed E-state index contributed by atoms with van der Waals surface area (Å²) in [5.74, 6) is 0.730. The summed E-state index contributed by atoms with van der Waals surface area (Å²) >= 11 is 1.09. The molecule has 1 amide bonds. The molecule has 0 saturated heterocycles. The molecule has 2 heterocycles. The second-order valence-corrected chi connectivity index (χ2v) is 9.36. The Morgan fingerprint density at radius 2 is 1.74 bits per heavy atom. The minimum absolute atomic E-state index is 0.158. The number of carbonyl (C=O) groups is 1. The van der Waals surface area contributed by atoms with E-state index in [1.165, 1.54) is 18.2 Å². The molecule has 0 saturated carbocycles. The second kappa shape index (κ2) is 8.70. The Bertz CT molecular complexity index is 1220. The van der Waals surface area contributed by atoms with E-state index in [1.807, 2.05) is 0 Å². The number of para-hydroxylation sites is 1. The minimum atomic E-state index is -3.78. The van der Waals surface area contributed by atoms with Gasteiger partial charge in [-0.05, 0) is 41.8 Å². The Hall–Kier alpha value is -3.50. The molecule has 1 aliphatic rings. The highest BCUT2D eigenvalue weighted by Gasteiger charge is 2.19. The van der Waals surface area contributed by atoms with E-state index in [9.17, 15) is 13.2 Å². The first-order valence-electron chi connectivity index (χ1n) is 9.25. The normalized spacial score (nSPS) is 12.6. The van der Waals surface area contributed by atoms with Crippen LogP contribution < -0.4 is 25.0 Å². The van der Waals surface area contributed by atoms with Gasteiger partial charge in [-0.15, -0.1) is 11.3 Å². The quantitative estimate of drug-likeness (QED) is 0.471. The number of hydrogen-bond acceptors (Lipinski definition) is 7. The van der Waals surface area contributed by atoms with Crippen LogP contribution in [0, 0.1) is 0 Å². The van der Waals surface area contributed by atoms with Crippen molar-refractivity contribution < 1.29 is 22.7 Å². The fraction of sp³-hybridized carbons (Fsp3) is 0.0952. The van der Waals surface area contributed by atoms with Gasteiger partial charge in [0.15, 0.2) is 11.5 Å². The maximum atomic E-state index is 12.7. The number of sulfonamides is 1. The first-order valence-corrected chi connectivity index (χ1v) is 11.6. The van der Waals surface area contributed by atoms with Crippen molar-refractivity contribution >= 4 is 38.7 Å². The van der Waals surface area contributed by atoms with E-state index in [0.29, 0.717) is 36.0 Å². The van der Waals surface area contributed by atoms with Crippen molar-refractivity contribution in [3.63, 3.8) is 0 Å². The van der Waals surface area contributed by atoms with Gasteiger partial charge >= 0.3 is 0 Å². The monoisotopic (exact) mass is 457 g/mol. The van der Waals surface area contributed by atoms with Gasteiger partial charge in [0.25, 0.3) is 15.9 Å². The Labute approximate surface area is 183 Å². The fourth-order valence-electron chi connectivity index (χ4n) is 2.88. The Kier molecular flexibility index (Phi) is 5.83. The first kappa shape index (κ1) is 20.8. The van der Waals surface area contributed by atoms with E-state index in [4.69, 9.17) is 9.47 Å². The molecule has 3 N–H and O–H groups in total. The van der Waals surface area contributed by atoms with E-state index in [2.05, 4.69) is 22.2 Å². The minimum Gasteiger partial charge on any atom is -0.486 e. The lowest BCUT2D eigenvalue weighted by atomic mass is 10.1. The molecule has 2 aromatic carbocycles. The van der Waals surface area contributed by atoms with Crippen molar-refractivity contribution in [1.29, 1.82) is 0 Å². The summed E-state index contributed by atoms with van der Waals surface area (Å²) in [4.78, 5) is 12.7. The number of thiophene rings is 1. The highest BCUT2D eigenvalue weighted by Crippen LogP contribution is 2.32. The number of anilines is 1. The van der Waals surface area contributed by atoms with E-state index >= 15 is 0 Å². The highest BCUT2D eigenvalue weighted by atomic mass is 32.2. The molecule has 3 aromatic rings. The third-order valence-electron chi connectivity index (χ3n) is 4.39. The lowest BCUT2D eigenvalue weighted by molar-refractivity contribution is 0.0943. The summed E-state index contributed by atoms with van der Waals surface area (Å²) in [5, 5.41) is 1.67. The maximum Gasteiger partial charge on any atom is 0.271 e. The van der Waals surface area contributed by atoms with Gasteiger partial charge in [0.05, 0.1) is 16.9 Å². The molecule has 0 bridgehead atoms. The number of nitrogens with one attached hydrogen (secondary N) is 3. The van der Waals surface area contributed by atoms with E-state index in [0.717, 1.165) is 11.3 Å². The number of amides is 1. The number of benzene rings is 2. The van der Waals surface area contributed by atoms with Crippen LogP contribution in [0.1, 0.15) is 15.9 Å². The number of hydrogen-bond donors (Lipinski definition) is 3. The first-order chi connectivity index (χ1) is 14.9. The van der Waals surface area contributed by atoms with Gasteiger partial charge in [-0.2, -0.15) is 0 Å². The molecule has 0 atom stereocenters. The highest BCUT2D eigenvalue weighted by molar-refractivity contribution is 7.94. The zero-order chi connectivity index (χ0) is 21.8. The van der Waals surface area contributed by atoms with Gasteiger partial charge in [-0.3, -0.25) is 20.4 Å². The summed E-state index contributed by atoms with van der Waals surface area (Å²) in [5.41, 5.74) is 6.76. The molecular formula is C21H19N3O5S2. The molecule has 4 rings (SSSR count). The van der Waals surface area contributed by atoms with Crippen LogP contribution in [-0.4, -0.2) is 27.5 Å². The molecule has 160 valence electrons. The van der Waals surface area contributed by atoms with Gasteiger partial charge in [0.2, 0.25) is 0 Å². The maximum absolute atomic E-state index is 12.7. The van der Waals surface area contributed by atoms with Crippen molar-refractivity contribution in [3.8, 4) is 11.5 Å². The van der Waals surface area contributed by atoms with Crippen LogP contribution in [0.5, 0.6) is 11.5 Å². The van der Waals surface area contributed by atoms with Crippen LogP contribution in [-0.2, 0) is 10.0 Å². The molecule has 1 aliphatic heterocycles. The third kappa shape index (κ3) is 4.65. The van der Waals surface area contributed by atoms with Gasteiger partial charge in [-0.25, -0.2) is 8.42 Å². The van der Waals surface area contributed by atoms with Crippen LogP contribution in [0.25, 0.3) is 5.70 Å². The molecule has 0 fully saturated rings. The van der Waals surface area contributed by atoms with Gasteiger partial charge in [-0.1, -0.05) is 24.8 Å². The lowest BCUT2D eigenvalue weighted by Gasteiger charge is -2.20. The number of rotatable bonds is 7. The fourth-order valence-corrected chi connectivity index (χ4v) is 4.96. The summed E-state index contributed by atoms with van der Waals surface area (Å²) in [6, 6.07) is 14.8. The summed E-state index contributed by atoms with van der Waals surface area (Å²) in [7, 11) is -3.78. The SMILES string of the molecule is C=C(NNC(=O)c1ccccc1NS(=O)(=O)c1cccs1)c1ccc2c(c1)OCCO2.